The van der Waals surface area contributed by atoms with E-state index in [0.717, 1.165) is 11.3 Å². The van der Waals surface area contributed by atoms with Crippen LogP contribution in [0.4, 0.5) is 22.0 Å². The number of nitrogens with one attached hydrogen (secondary N) is 2. The molecule has 1 atom stereocenters. The van der Waals surface area contributed by atoms with Crippen molar-refractivity contribution in [1.29, 1.82) is 0 Å². The molecule has 0 aliphatic carbocycles. The number of amides is 2. The van der Waals surface area contributed by atoms with Crippen LogP contribution in [0, 0.1) is 12.3 Å². The molecule has 0 saturated carbocycles. The summed E-state index contributed by atoms with van der Waals surface area (Å²) in [6, 6.07) is 15.9. The van der Waals surface area contributed by atoms with Gasteiger partial charge in [0.2, 0.25) is 0 Å². The summed E-state index contributed by atoms with van der Waals surface area (Å²) in [6.07, 6.45) is 6.54. The lowest BCUT2D eigenvalue weighted by Gasteiger charge is -2.26. The van der Waals surface area contributed by atoms with Crippen molar-refractivity contribution in [1.82, 2.24) is 15.3 Å². The number of carboxylic acid groups (broad SMARTS) is 2. The number of carboxylic acids is 2. The van der Waals surface area contributed by atoms with Crippen LogP contribution in [0.2, 0.25) is 0 Å². The molecule has 0 radical (unpaired) electrons. The van der Waals surface area contributed by atoms with E-state index in [1.165, 1.54) is 6.33 Å². The van der Waals surface area contributed by atoms with Crippen molar-refractivity contribution in [3.8, 4) is 23.8 Å². The fourth-order valence-corrected chi connectivity index (χ4v) is 4.74. The molecule has 2 amide bonds. The molecule has 14 heteroatoms. The Morgan fingerprint density at radius 2 is 1.61 bits per heavy atom. The molecule has 0 aliphatic heterocycles. The van der Waals surface area contributed by atoms with Crippen molar-refractivity contribution < 1.29 is 43.5 Å². The van der Waals surface area contributed by atoms with Crippen LogP contribution in [-0.4, -0.2) is 84.8 Å². The average Bonchev–Trinajstić information content (AvgIpc) is 3.09. The van der Waals surface area contributed by atoms with Gasteiger partial charge in [-0.05, 0) is 48.4 Å². The highest BCUT2D eigenvalue weighted by Crippen LogP contribution is 2.38. The third-order valence-corrected chi connectivity index (χ3v) is 7.15. The number of anilines is 3. The molecule has 4 aromatic rings. The zero-order valence-electron chi connectivity index (χ0n) is 27.0. The van der Waals surface area contributed by atoms with E-state index >= 15 is 0 Å². The number of methoxy groups -OCH3 is 2. The van der Waals surface area contributed by atoms with E-state index in [9.17, 15) is 19.5 Å². The van der Waals surface area contributed by atoms with Gasteiger partial charge in [-0.15, -0.1) is 6.42 Å². The molecule has 1 aromatic heterocycles. The summed E-state index contributed by atoms with van der Waals surface area (Å²) in [5, 5.41) is 23.8. The Hall–Kier alpha value is -5.91. The van der Waals surface area contributed by atoms with Crippen LogP contribution in [0.5, 0.6) is 11.5 Å². The van der Waals surface area contributed by atoms with Crippen molar-refractivity contribution in [3.05, 3.63) is 78.1 Å². The Morgan fingerprint density at radius 1 is 0.918 bits per heavy atom. The molecule has 0 fully saturated rings. The van der Waals surface area contributed by atoms with E-state index in [0.29, 0.717) is 65.8 Å². The van der Waals surface area contributed by atoms with Crippen molar-refractivity contribution in [2.45, 2.75) is 25.4 Å². The first-order valence-corrected chi connectivity index (χ1v) is 15.2. The van der Waals surface area contributed by atoms with Gasteiger partial charge in [0.15, 0.2) is 11.5 Å². The molecule has 0 spiro atoms. The summed E-state index contributed by atoms with van der Waals surface area (Å²) in [4.78, 5) is 46.0. The Balaban J connectivity index is 1.65. The van der Waals surface area contributed by atoms with Gasteiger partial charge in [-0.2, -0.15) is 0 Å². The lowest BCUT2D eigenvalue weighted by molar-refractivity contribution is -0.140. The summed E-state index contributed by atoms with van der Waals surface area (Å²) in [6.45, 7) is 1.68. The molecule has 4 rings (SSSR count). The van der Waals surface area contributed by atoms with Gasteiger partial charge in [-0.3, -0.25) is 4.79 Å². The molecule has 0 aliphatic rings. The molecule has 0 unspecified atom stereocenters. The standard InChI is InChI=1S/C35H37N5O9/c1-4-23-6-5-7-26(18-23)40(21-24-8-10-25(11-9-24)38-35(45)39-28(34(43)44)12-13-32(41)42)33-27-19-30(48-16-14-46-2)31(49-17-15-47-3)20-29(27)36-22-37-33/h1,5-11,18-20,22,28H,12-17,21H2,2-3H3,(H,41,42)(H,43,44)(H2,38,39,45)/t28-/m0/s1. The number of carbonyl (C=O) groups excluding carboxylic acids is 1. The highest BCUT2D eigenvalue weighted by atomic mass is 16.5. The van der Waals surface area contributed by atoms with Crippen molar-refractivity contribution in [3.63, 3.8) is 0 Å². The zero-order chi connectivity index (χ0) is 35.2. The summed E-state index contributed by atoms with van der Waals surface area (Å²) < 4.78 is 22.3. The number of aromatic nitrogens is 2. The van der Waals surface area contributed by atoms with Crippen LogP contribution in [-0.2, 0) is 25.6 Å². The summed E-state index contributed by atoms with van der Waals surface area (Å²) >= 11 is 0. The van der Waals surface area contributed by atoms with E-state index in [-0.39, 0.29) is 13.0 Å². The molecule has 3 aromatic carbocycles. The van der Waals surface area contributed by atoms with Gasteiger partial charge in [0.05, 0.1) is 18.7 Å². The van der Waals surface area contributed by atoms with Crippen LogP contribution < -0.4 is 25.0 Å². The number of ether oxygens (including phenoxy) is 4. The smallest absolute Gasteiger partial charge is 0.326 e. The Bertz CT molecular complexity index is 1790. The van der Waals surface area contributed by atoms with Crippen LogP contribution in [0.3, 0.4) is 0 Å². The third kappa shape index (κ3) is 10.3. The Morgan fingerprint density at radius 3 is 2.24 bits per heavy atom. The molecule has 0 bridgehead atoms. The molecule has 0 saturated heterocycles. The summed E-state index contributed by atoms with van der Waals surface area (Å²) in [5.41, 5.74) is 3.29. The first-order valence-electron chi connectivity index (χ1n) is 15.2. The maximum absolute atomic E-state index is 12.5. The van der Waals surface area contributed by atoms with Crippen molar-refractivity contribution in [2.75, 3.05) is 50.9 Å². The monoisotopic (exact) mass is 671 g/mol. The number of aliphatic carboxylic acids is 2. The minimum atomic E-state index is -1.36. The second-order valence-electron chi connectivity index (χ2n) is 10.6. The second-order valence-corrected chi connectivity index (χ2v) is 10.6. The van der Waals surface area contributed by atoms with Gasteiger partial charge in [0.25, 0.3) is 0 Å². The van der Waals surface area contributed by atoms with Crippen molar-refractivity contribution in [2.24, 2.45) is 0 Å². The Labute approximate surface area is 283 Å². The number of terminal acetylenes is 1. The van der Waals surface area contributed by atoms with E-state index in [2.05, 4.69) is 26.5 Å². The molecular weight excluding hydrogens is 634 g/mol. The van der Waals surface area contributed by atoms with Crippen LogP contribution in [0.25, 0.3) is 10.9 Å². The SMILES string of the molecule is C#Cc1cccc(N(Cc2ccc(NC(=O)N[C@@H](CCC(=O)O)C(=O)O)cc2)c2ncnc3cc(OCCOC)c(OCCOC)cc23)c1. The predicted octanol–water partition coefficient (Wildman–Crippen LogP) is 4.44. The minimum absolute atomic E-state index is 0.256. The minimum Gasteiger partial charge on any atom is -0.487 e. The lowest BCUT2D eigenvalue weighted by atomic mass is 10.1. The van der Waals surface area contributed by atoms with Gasteiger partial charge in [0.1, 0.15) is 31.4 Å². The number of hydrogen-bond donors (Lipinski definition) is 4. The van der Waals surface area contributed by atoms with E-state index in [1.807, 2.05) is 35.2 Å². The van der Waals surface area contributed by atoms with Gasteiger partial charge in [-0.25, -0.2) is 19.6 Å². The summed E-state index contributed by atoms with van der Waals surface area (Å²) in [5.74, 6) is 1.73. The van der Waals surface area contributed by atoms with Gasteiger partial charge >= 0.3 is 18.0 Å². The van der Waals surface area contributed by atoms with Gasteiger partial charge in [-0.1, -0.05) is 24.1 Å². The van der Waals surface area contributed by atoms with Crippen molar-refractivity contribution >= 4 is 46.1 Å². The average molecular weight is 672 g/mol. The van der Waals surface area contributed by atoms with Crippen LogP contribution in [0.15, 0.2) is 67.0 Å². The number of nitrogens with zero attached hydrogens (tertiary/aromatic N) is 3. The molecular formula is C35H37N5O9. The second kappa shape index (κ2) is 17.9. The molecule has 14 nitrogen and oxygen atoms in total. The fourth-order valence-electron chi connectivity index (χ4n) is 4.74. The lowest BCUT2D eigenvalue weighted by Crippen LogP contribution is -2.43. The highest BCUT2D eigenvalue weighted by molar-refractivity contribution is 5.94. The van der Waals surface area contributed by atoms with E-state index in [1.54, 1.807) is 44.6 Å². The molecule has 1 heterocycles. The number of benzene rings is 3. The van der Waals surface area contributed by atoms with Crippen LogP contribution in [0.1, 0.15) is 24.0 Å². The van der Waals surface area contributed by atoms with Gasteiger partial charge < -0.3 is 44.7 Å². The predicted molar refractivity (Wildman–Crippen MR) is 181 cm³/mol. The third-order valence-electron chi connectivity index (χ3n) is 7.15. The first kappa shape index (κ1) is 35.9. The maximum Gasteiger partial charge on any atom is 0.326 e. The first-order chi connectivity index (χ1) is 23.7. The zero-order valence-corrected chi connectivity index (χ0v) is 27.0. The number of hydrogen-bond acceptors (Lipinski definition) is 10. The number of rotatable bonds is 18. The fraction of sp³-hybridized carbons (Fsp3) is 0.286. The largest absolute Gasteiger partial charge is 0.487 e. The maximum atomic E-state index is 12.5. The molecule has 49 heavy (non-hydrogen) atoms. The van der Waals surface area contributed by atoms with Gasteiger partial charge in [0, 0.05) is 55.6 Å². The molecule has 256 valence electrons. The number of fused-ring (bicyclic) bond motifs is 1. The van der Waals surface area contributed by atoms with E-state index in [4.69, 9.17) is 30.5 Å². The van der Waals surface area contributed by atoms with Crippen LogP contribution >= 0.6 is 0 Å². The quantitative estimate of drug-likeness (QED) is 0.0864. The molecule has 4 N–H and O–H groups in total. The number of urea groups is 1. The normalized spacial score (nSPS) is 11.3. The van der Waals surface area contributed by atoms with E-state index < -0.39 is 30.4 Å². The Kier molecular flexibility index (Phi) is 13.1. The topological polar surface area (TPSA) is 182 Å². The number of carbonyl (C=O) groups is 3. The summed E-state index contributed by atoms with van der Waals surface area (Å²) in [7, 11) is 3.18. The highest BCUT2D eigenvalue weighted by Gasteiger charge is 2.22.